The second-order valence-electron chi connectivity index (χ2n) is 3.28. The molecule has 2 heteroatoms. The van der Waals surface area contributed by atoms with Crippen LogP contribution < -0.4 is 0 Å². The van der Waals surface area contributed by atoms with Gasteiger partial charge in [0.1, 0.15) is 0 Å². The van der Waals surface area contributed by atoms with Crippen LogP contribution in [0.15, 0.2) is 24.3 Å². The highest BCUT2D eigenvalue weighted by atomic mass is 16.5. The van der Waals surface area contributed by atoms with Crippen molar-refractivity contribution in [1.82, 2.24) is 4.90 Å². The number of hydrogen-bond acceptors (Lipinski definition) is 2. The minimum Gasteiger partial charge on any atom is -0.379 e. The summed E-state index contributed by atoms with van der Waals surface area (Å²) in [4.78, 5) is 2.40. The summed E-state index contributed by atoms with van der Waals surface area (Å²) < 4.78 is 5.29. The lowest BCUT2D eigenvalue weighted by Gasteiger charge is -2.26. The molecule has 0 bridgehead atoms. The molecular formula is C11H14NO. The number of hydrogen-bond donors (Lipinski definition) is 0. The fraction of sp³-hybridized carbons (Fsp3) is 0.455. The highest BCUT2D eigenvalue weighted by Crippen LogP contribution is 2.05. The Morgan fingerprint density at radius 1 is 1.31 bits per heavy atom. The molecule has 1 radical (unpaired) electrons. The Bertz CT molecular complexity index is 242. The molecule has 0 unspecified atom stereocenters. The van der Waals surface area contributed by atoms with Crippen molar-refractivity contribution in [2.45, 2.75) is 6.54 Å². The lowest BCUT2D eigenvalue weighted by molar-refractivity contribution is 0.0341. The van der Waals surface area contributed by atoms with Gasteiger partial charge in [-0.2, -0.15) is 0 Å². The minimum absolute atomic E-state index is 0.868. The quantitative estimate of drug-likeness (QED) is 0.674. The molecule has 69 valence electrons. The molecule has 1 aliphatic rings. The lowest BCUT2D eigenvalue weighted by Crippen LogP contribution is -2.35. The molecule has 2 nitrogen and oxygen atoms in total. The summed E-state index contributed by atoms with van der Waals surface area (Å²) >= 11 is 0. The van der Waals surface area contributed by atoms with Crippen molar-refractivity contribution in [3.05, 3.63) is 35.9 Å². The lowest BCUT2D eigenvalue weighted by atomic mass is 10.2. The van der Waals surface area contributed by atoms with Crippen LogP contribution in [0, 0.1) is 6.07 Å². The van der Waals surface area contributed by atoms with Crippen LogP contribution in [-0.4, -0.2) is 31.2 Å². The van der Waals surface area contributed by atoms with Gasteiger partial charge in [0.25, 0.3) is 0 Å². The minimum atomic E-state index is 0.868. The molecule has 0 aromatic heterocycles. The Morgan fingerprint density at radius 3 is 2.85 bits per heavy atom. The van der Waals surface area contributed by atoms with E-state index in [-0.39, 0.29) is 0 Å². The monoisotopic (exact) mass is 176 g/mol. The maximum atomic E-state index is 5.29. The number of rotatable bonds is 2. The van der Waals surface area contributed by atoms with E-state index in [1.54, 1.807) is 0 Å². The maximum Gasteiger partial charge on any atom is 0.0594 e. The summed E-state index contributed by atoms with van der Waals surface area (Å²) in [5, 5.41) is 0. The van der Waals surface area contributed by atoms with Crippen molar-refractivity contribution in [1.29, 1.82) is 0 Å². The Morgan fingerprint density at radius 2 is 2.15 bits per heavy atom. The van der Waals surface area contributed by atoms with Crippen molar-refractivity contribution >= 4 is 0 Å². The third-order valence-electron chi connectivity index (χ3n) is 2.27. The van der Waals surface area contributed by atoms with Crippen molar-refractivity contribution in [3.8, 4) is 0 Å². The fourth-order valence-electron chi connectivity index (χ4n) is 1.53. The van der Waals surface area contributed by atoms with Crippen molar-refractivity contribution in [2.75, 3.05) is 26.3 Å². The van der Waals surface area contributed by atoms with Crippen LogP contribution in [0.5, 0.6) is 0 Å². The van der Waals surface area contributed by atoms with Crippen LogP contribution in [0.2, 0.25) is 0 Å². The molecule has 1 fully saturated rings. The maximum absolute atomic E-state index is 5.29. The van der Waals surface area contributed by atoms with Crippen LogP contribution in [0.1, 0.15) is 5.56 Å². The molecule has 13 heavy (non-hydrogen) atoms. The molecule has 0 aliphatic carbocycles. The number of benzene rings is 1. The van der Waals surface area contributed by atoms with E-state index in [1.807, 2.05) is 12.1 Å². The van der Waals surface area contributed by atoms with Crippen LogP contribution in [0.3, 0.4) is 0 Å². The molecule has 0 amide bonds. The first-order chi connectivity index (χ1) is 6.45. The molecule has 0 N–H and O–H groups in total. The Kier molecular flexibility index (Phi) is 2.95. The van der Waals surface area contributed by atoms with Crippen molar-refractivity contribution in [2.24, 2.45) is 0 Å². The zero-order valence-corrected chi connectivity index (χ0v) is 7.70. The van der Waals surface area contributed by atoms with Gasteiger partial charge in [0, 0.05) is 19.6 Å². The van der Waals surface area contributed by atoms with E-state index in [1.165, 1.54) is 5.56 Å². The van der Waals surface area contributed by atoms with Crippen molar-refractivity contribution < 1.29 is 4.74 Å². The van der Waals surface area contributed by atoms with Gasteiger partial charge in [-0.25, -0.2) is 0 Å². The molecule has 0 saturated carbocycles. The van der Waals surface area contributed by atoms with E-state index in [9.17, 15) is 0 Å². The van der Waals surface area contributed by atoms with E-state index in [4.69, 9.17) is 4.74 Å². The molecular weight excluding hydrogens is 162 g/mol. The van der Waals surface area contributed by atoms with E-state index >= 15 is 0 Å². The normalized spacial score (nSPS) is 18.8. The molecule has 1 aliphatic heterocycles. The molecule has 0 spiro atoms. The third kappa shape index (κ3) is 2.54. The first-order valence-electron chi connectivity index (χ1n) is 4.71. The summed E-state index contributed by atoms with van der Waals surface area (Å²) in [6.07, 6.45) is 0. The highest BCUT2D eigenvalue weighted by Gasteiger charge is 2.09. The molecule has 1 aromatic rings. The van der Waals surface area contributed by atoms with Gasteiger partial charge >= 0.3 is 0 Å². The molecule has 1 heterocycles. The predicted octanol–water partition coefficient (Wildman–Crippen LogP) is 1.32. The van der Waals surface area contributed by atoms with Crippen LogP contribution >= 0.6 is 0 Å². The van der Waals surface area contributed by atoms with Crippen LogP contribution in [-0.2, 0) is 11.3 Å². The summed E-state index contributed by atoms with van der Waals surface area (Å²) in [6, 6.07) is 11.4. The van der Waals surface area contributed by atoms with Crippen molar-refractivity contribution in [3.63, 3.8) is 0 Å². The van der Waals surface area contributed by atoms with Gasteiger partial charge in [-0.05, 0) is 11.6 Å². The largest absolute Gasteiger partial charge is 0.379 e. The zero-order chi connectivity index (χ0) is 8.93. The number of nitrogens with zero attached hydrogens (tertiary/aromatic N) is 1. The average molecular weight is 176 g/mol. The SMILES string of the molecule is [c]1ccccc1CN1CCOCC1. The molecule has 0 atom stereocenters. The Labute approximate surface area is 79.1 Å². The summed E-state index contributed by atoms with van der Waals surface area (Å²) in [7, 11) is 0. The first kappa shape index (κ1) is 8.73. The van der Waals surface area contributed by atoms with E-state index in [0.717, 1.165) is 32.8 Å². The summed E-state index contributed by atoms with van der Waals surface area (Å²) in [5.74, 6) is 0. The standard InChI is InChI=1S/C11H14NO/c1-2-4-11(5-3-1)10-12-6-8-13-9-7-12/h1-4H,6-10H2. The van der Waals surface area contributed by atoms with Gasteiger partial charge in [-0.3, -0.25) is 4.90 Å². The van der Waals surface area contributed by atoms with Gasteiger partial charge in [0.2, 0.25) is 0 Å². The van der Waals surface area contributed by atoms with Crippen LogP contribution in [0.4, 0.5) is 0 Å². The van der Waals surface area contributed by atoms with Gasteiger partial charge in [0.05, 0.1) is 13.2 Å². The average Bonchev–Trinajstić information content (AvgIpc) is 2.21. The molecule has 1 aromatic carbocycles. The summed E-state index contributed by atoms with van der Waals surface area (Å²) in [5.41, 5.74) is 1.27. The Hall–Kier alpha value is -0.860. The van der Waals surface area contributed by atoms with Gasteiger partial charge in [-0.15, -0.1) is 0 Å². The van der Waals surface area contributed by atoms with Gasteiger partial charge < -0.3 is 4.74 Å². The predicted molar refractivity (Wildman–Crippen MR) is 51.4 cm³/mol. The zero-order valence-electron chi connectivity index (χ0n) is 7.70. The van der Waals surface area contributed by atoms with E-state index in [2.05, 4.69) is 23.1 Å². The van der Waals surface area contributed by atoms with Gasteiger partial charge in [-0.1, -0.05) is 24.3 Å². The highest BCUT2D eigenvalue weighted by molar-refractivity contribution is 5.12. The smallest absolute Gasteiger partial charge is 0.0594 e. The number of ether oxygens (including phenoxy) is 1. The molecule has 2 rings (SSSR count). The fourth-order valence-corrected chi connectivity index (χ4v) is 1.53. The Balaban J connectivity index is 1.90. The van der Waals surface area contributed by atoms with Crippen LogP contribution in [0.25, 0.3) is 0 Å². The second kappa shape index (κ2) is 4.40. The third-order valence-corrected chi connectivity index (χ3v) is 2.27. The second-order valence-corrected chi connectivity index (χ2v) is 3.28. The van der Waals surface area contributed by atoms with E-state index < -0.39 is 0 Å². The summed E-state index contributed by atoms with van der Waals surface area (Å²) in [6.45, 7) is 4.83. The molecule has 1 saturated heterocycles. The first-order valence-corrected chi connectivity index (χ1v) is 4.71. The van der Waals surface area contributed by atoms with E-state index in [0.29, 0.717) is 0 Å². The number of morpholine rings is 1. The topological polar surface area (TPSA) is 12.5 Å². The van der Waals surface area contributed by atoms with Gasteiger partial charge in [0.15, 0.2) is 0 Å².